The number of fused-ring (bicyclic) bond motifs is 1. The molecule has 0 saturated heterocycles. The van der Waals surface area contributed by atoms with E-state index in [1.165, 1.54) is 11.8 Å². The summed E-state index contributed by atoms with van der Waals surface area (Å²) in [6.07, 6.45) is 0. The maximum atomic E-state index is 12.2. The van der Waals surface area contributed by atoms with Gasteiger partial charge in [0, 0.05) is 12.6 Å². The topological polar surface area (TPSA) is 84.9 Å². The smallest absolute Gasteiger partial charge is 0.331 e. The van der Waals surface area contributed by atoms with E-state index in [0.29, 0.717) is 22.9 Å². The number of esters is 1. The highest BCUT2D eigenvalue weighted by Crippen LogP contribution is 2.31. The standard InChI is InChI=1S/C18H16N2O5/c1-12(21)19-13-6-8-14(9-7-13)25-18(23)10-20-15-4-2-3-5-16(15)24-11-17(20)22/h2-9H,10-11H2,1H3,(H,19,21). The maximum Gasteiger partial charge on any atom is 0.331 e. The van der Waals surface area contributed by atoms with Crippen LogP contribution < -0.4 is 19.7 Å². The summed E-state index contributed by atoms with van der Waals surface area (Å²) in [4.78, 5) is 36.5. The van der Waals surface area contributed by atoms with Crippen molar-refractivity contribution in [3.63, 3.8) is 0 Å². The molecule has 7 nitrogen and oxygen atoms in total. The van der Waals surface area contributed by atoms with Gasteiger partial charge in [-0.1, -0.05) is 12.1 Å². The van der Waals surface area contributed by atoms with Gasteiger partial charge in [-0.05, 0) is 36.4 Å². The molecule has 0 saturated carbocycles. The van der Waals surface area contributed by atoms with Crippen molar-refractivity contribution in [2.75, 3.05) is 23.4 Å². The molecule has 0 spiro atoms. The lowest BCUT2D eigenvalue weighted by Crippen LogP contribution is -2.43. The minimum atomic E-state index is -0.572. The first-order chi connectivity index (χ1) is 12.0. The number of anilines is 2. The fourth-order valence-corrected chi connectivity index (χ4v) is 2.43. The van der Waals surface area contributed by atoms with Gasteiger partial charge in [0.05, 0.1) is 5.69 Å². The summed E-state index contributed by atoms with van der Waals surface area (Å²) in [6.45, 7) is 1.08. The van der Waals surface area contributed by atoms with Gasteiger partial charge in [-0.3, -0.25) is 14.5 Å². The number of carbonyl (C=O) groups excluding carboxylic acids is 3. The molecule has 1 aliphatic rings. The zero-order valence-corrected chi connectivity index (χ0v) is 13.5. The molecule has 0 atom stereocenters. The molecule has 0 aromatic heterocycles. The Morgan fingerprint density at radius 3 is 2.60 bits per heavy atom. The van der Waals surface area contributed by atoms with Gasteiger partial charge in [0.15, 0.2) is 6.61 Å². The summed E-state index contributed by atoms with van der Waals surface area (Å²) in [5, 5.41) is 2.62. The van der Waals surface area contributed by atoms with Gasteiger partial charge in [0.2, 0.25) is 5.91 Å². The van der Waals surface area contributed by atoms with E-state index in [4.69, 9.17) is 9.47 Å². The molecule has 2 aromatic carbocycles. The van der Waals surface area contributed by atoms with Crippen LogP contribution in [0.4, 0.5) is 11.4 Å². The number of ether oxygens (including phenoxy) is 2. The van der Waals surface area contributed by atoms with Crippen molar-refractivity contribution in [2.24, 2.45) is 0 Å². The van der Waals surface area contributed by atoms with E-state index < -0.39 is 5.97 Å². The summed E-state index contributed by atoms with van der Waals surface area (Å²) in [5.41, 5.74) is 1.14. The number of amides is 2. The lowest BCUT2D eigenvalue weighted by atomic mass is 10.2. The monoisotopic (exact) mass is 340 g/mol. The van der Waals surface area contributed by atoms with E-state index in [-0.39, 0.29) is 25.0 Å². The predicted octanol–water partition coefficient (Wildman–Crippen LogP) is 1.98. The van der Waals surface area contributed by atoms with Crippen molar-refractivity contribution in [2.45, 2.75) is 6.92 Å². The molecule has 25 heavy (non-hydrogen) atoms. The lowest BCUT2D eigenvalue weighted by Gasteiger charge is -2.28. The number of hydrogen-bond donors (Lipinski definition) is 1. The van der Waals surface area contributed by atoms with Crippen molar-refractivity contribution in [1.82, 2.24) is 0 Å². The molecule has 128 valence electrons. The van der Waals surface area contributed by atoms with Crippen LogP contribution in [0.2, 0.25) is 0 Å². The van der Waals surface area contributed by atoms with Gasteiger partial charge >= 0.3 is 5.97 Å². The molecular weight excluding hydrogens is 324 g/mol. The number of nitrogens with zero attached hydrogens (tertiary/aromatic N) is 1. The van der Waals surface area contributed by atoms with E-state index in [1.54, 1.807) is 48.5 Å². The van der Waals surface area contributed by atoms with Crippen LogP contribution in [-0.2, 0) is 14.4 Å². The van der Waals surface area contributed by atoms with E-state index in [0.717, 1.165) is 0 Å². The molecule has 0 bridgehead atoms. The van der Waals surface area contributed by atoms with Crippen molar-refractivity contribution in [1.29, 1.82) is 0 Å². The number of hydrogen-bond acceptors (Lipinski definition) is 5. The summed E-state index contributed by atoms with van der Waals surface area (Å²) in [5.74, 6) is -0.189. The Bertz CT molecular complexity index is 816. The van der Waals surface area contributed by atoms with Crippen LogP contribution >= 0.6 is 0 Å². The first-order valence-electron chi connectivity index (χ1n) is 7.63. The van der Waals surface area contributed by atoms with Crippen LogP contribution in [0.5, 0.6) is 11.5 Å². The quantitative estimate of drug-likeness (QED) is 0.679. The molecule has 0 aliphatic carbocycles. The van der Waals surface area contributed by atoms with Crippen molar-refractivity contribution >= 4 is 29.2 Å². The Morgan fingerprint density at radius 1 is 1.16 bits per heavy atom. The average Bonchev–Trinajstić information content (AvgIpc) is 2.59. The van der Waals surface area contributed by atoms with Gasteiger partial charge in [-0.25, -0.2) is 4.79 Å². The van der Waals surface area contributed by atoms with Crippen LogP contribution in [0.25, 0.3) is 0 Å². The zero-order chi connectivity index (χ0) is 17.8. The van der Waals surface area contributed by atoms with Gasteiger partial charge in [0.25, 0.3) is 5.91 Å². The van der Waals surface area contributed by atoms with E-state index in [9.17, 15) is 14.4 Å². The molecule has 2 aromatic rings. The molecule has 2 amide bonds. The third-order valence-corrected chi connectivity index (χ3v) is 3.50. The van der Waals surface area contributed by atoms with Crippen molar-refractivity contribution < 1.29 is 23.9 Å². The van der Waals surface area contributed by atoms with E-state index in [1.807, 2.05) is 0 Å². The van der Waals surface area contributed by atoms with Gasteiger partial charge in [-0.2, -0.15) is 0 Å². The van der Waals surface area contributed by atoms with Crippen LogP contribution in [0.15, 0.2) is 48.5 Å². The lowest BCUT2D eigenvalue weighted by molar-refractivity contribution is -0.134. The highest BCUT2D eigenvalue weighted by molar-refractivity contribution is 6.01. The molecule has 0 unspecified atom stereocenters. The number of nitrogens with one attached hydrogen (secondary N) is 1. The Hall–Kier alpha value is -3.35. The maximum absolute atomic E-state index is 12.2. The number of benzene rings is 2. The van der Waals surface area contributed by atoms with Crippen molar-refractivity contribution in [3.05, 3.63) is 48.5 Å². The summed E-state index contributed by atoms with van der Waals surface area (Å²) < 4.78 is 10.6. The average molecular weight is 340 g/mol. The van der Waals surface area contributed by atoms with Gasteiger partial charge in [0.1, 0.15) is 18.0 Å². The van der Waals surface area contributed by atoms with Gasteiger partial charge < -0.3 is 14.8 Å². The minimum absolute atomic E-state index is 0.115. The first kappa shape index (κ1) is 16.5. The molecule has 1 heterocycles. The summed E-state index contributed by atoms with van der Waals surface area (Å²) in [7, 11) is 0. The molecule has 0 radical (unpaired) electrons. The summed E-state index contributed by atoms with van der Waals surface area (Å²) in [6, 6.07) is 13.4. The fraction of sp³-hybridized carbons (Fsp3) is 0.167. The molecule has 1 N–H and O–H groups in total. The third kappa shape index (κ3) is 3.95. The molecule has 3 rings (SSSR count). The Kier molecular flexibility index (Phi) is 4.65. The highest BCUT2D eigenvalue weighted by atomic mass is 16.5. The van der Waals surface area contributed by atoms with Crippen LogP contribution in [-0.4, -0.2) is 30.9 Å². The second-order valence-electron chi connectivity index (χ2n) is 5.42. The van der Waals surface area contributed by atoms with E-state index in [2.05, 4.69) is 5.32 Å². The predicted molar refractivity (Wildman–Crippen MR) is 90.7 cm³/mol. The number of rotatable bonds is 4. The van der Waals surface area contributed by atoms with E-state index >= 15 is 0 Å². The second-order valence-corrected chi connectivity index (χ2v) is 5.42. The largest absolute Gasteiger partial charge is 0.482 e. The second kappa shape index (κ2) is 7.04. The normalized spacial score (nSPS) is 12.8. The van der Waals surface area contributed by atoms with Gasteiger partial charge in [-0.15, -0.1) is 0 Å². The molecule has 7 heteroatoms. The highest BCUT2D eigenvalue weighted by Gasteiger charge is 2.27. The van der Waals surface area contributed by atoms with Crippen LogP contribution in [0.1, 0.15) is 6.92 Å². The molecule has 1 aliphatic heterocycles. The Labute approximate surface area is 144 Å². The molecular formula is C18H16N2O5. The Morgan fingerprint density at radius 2 is 1.88 bits per heavy atom. The molecule has 0 fully saturated rings. The summed E-state index contributed by atoms with van der Waals surface area (Å²) >= 11 is 0. The number of carbonyl (C=O) groups is 3. The zero-order valence-electron chi connectivity index (χ0n) is 13.5. The van der Waals surface area contributed by atoms with Crippen LogP contribution in [0, 0.1) is 0 Å². The number of para-hydroxylation sites is 2. The fourth-order valence-electron chi connectivity index (χ4n) is 2.43. The first-order valence-corrected chi connectivity index (χ1v) is 7.63. The third-order valence-electron chi connectivity index (χ3n) is 3.50. The SMILES string of the molecule is CC(=O)Nc1ccc(OC(=O)CN2C(=O)COc3ccccc32)cc1. The van der Waals surface area contributed by atoms with Crippen LogP contribution in [0.3, 0.4) is 0 Å². The van der Waals surface area contributed by atoms with Crippen molar-refractivity contribution in [3.8, 4) is 11.5 Å². The minimum Gasteiger partial charge on any atom is -0.482 e. The Balaban J connectivity index is 1.66.